The lowest BCUT2D eigenvalue weighted by molar-refractivity contribution is 0.571. The van der Waals surface area contributed by atoms with Gasteiger partial charge in [-0.1, -0.05) is 47.5 Å². The van der Waals surface area contributed by atoms with Crippen LogP contribution in [0, 0.1) is 5.92 Å². The fourth-order valence-corrected chi connectivity index (χ4v) is 5.35. The van der Waals surface area contributed by atoms with Crippen molar-refractivity contribution in [2.75, 3.05) is 0 Å². The highest BCUT2D eigenvalue weighted by Crippen LogP contribution is 2.38. The molecule has 8 heteroatoms. The van der Waals surface area contributed by atoms with E-state index in [2.05, 4.69) is 16.0 Å². The van der Waals surface area contributed by atoms with Crippen molar-refractivity contribution < 1.29 is 0 Å². The Morgan fingerprint density at radius 3 is 2.51 bits per heavy atom. The summed E-state index contributed by atoms with van der Waals surface area (Å²) in [5, 5.41) is 1.92. The number of nitrogens with zero attached hydrogens (tertiary/aromatic N) is 4. The zero-order valence-electron chi connectivity index (χ0n) is 20.2. The van der Waals surface area contributed by atoms with Crippen molar-refractivity contribution >= 4 is 34.1 Å². The number of benzene rings is 2. The highest BCUT2D eigenvalue weighted by atomic mass is 35.5. The van der Waals surface area contributed by atoms with E-state index in [1.54, 1.807) is 24.5 Å². The SMILES string of the molecule is Cn1ccnc1C(N)(c1ccc(Cl)nc1)c1ccc2c(c1)c(-c1cccc(Cl)c1)cc(=O)n2CC1CC1. The van der Waals surface area contributed by atoms with Crippen LogP contribution < -0.4 is 11.3 Å². The molecule has 0 amide bonds. The summed E-state index contributed by atoms with van der Waals surface area (Å²) >= 11 is 12.4. The summed E-state index contributed by atoms with van der Waals surface area (Å²) < 4.78 is 3.79. The third-order valence-electron chi connectivity index (χ3n) is 7.20. The smallest absolute Gasteiger partial charge is 0.251 e. The molecule has 0 radical (unpaired) electrons. The standard InChI is InChI=1S/C29H25Cl2N5O/c1-35-12-11-33-28(35)29(32,21-8-10-26(31)34-16-21)20-7-9-25-24(14-20)23(19-3-2-4-22(30)13-19)15-27(37)36(25)17-18-5-6-18/h2-4,7-16,18H,5-6,17,32H2,1H3. The van der Waals surface area contributed by atoms with Crippen LogP contribution >= 0.6 is 23.2 Å². The molecule has 6 rings (SSSR count). The summed E-state index contributed by atoms with van der Waals surface area (Å²) in [5.41, 5.74) is 10.2. The molecule has 5 aromatic rings. The third-order valence-corrected chi connectivity index (χ3v) is 7.66. The summed E-state index contributed by atoms with van der Waals surface area (Å²) in [4.78, 5) is 22.2. The van der Waals surface area contributed by atoms with Gasteiger partial charge in [0.2, 0.25) is 0 Å². The van der Waals surface area contributed by atoms with E-state index in [9.17, 15) is 4.79 Å². The average molecular weight is 530 g/mol. The van der Waals surface area contributed by atoms with E-state index in [1.807, 2.05) is 64.8 Å². The molecule has 6 nitrogen and oxygen atoms in total. The molecular formula is C29H25Cl2N5O. The Balaban J connectivity index is 1.65. The Hall–Kier alpha value is -3.45. The first-order valence-electron chi connectivity index (χ1n) is 12.2. The normalized spacial score (nSPS) is 15.1. The van der Waals surface area contributed by atoms with Gasteiger partial charge in [0.1, 0.15) is 16.5 Å². The highest BCUT2D eigenvalue weighted by molar-refractivity contribution is 6.31. The minimum atomic E-state index is -1.12. The molecule has 37 heavy (non-hydrogen) atoms. The Morgan fingerprint density at radius 2 is 1.84 bits per heavy atom. The van der Waals surface area contributed by atoms with Gasteiger partial charge in [0, 0.05) is 54.2 Å². The molecule has 0 spiro atoms. The zero-order valence-corrected chi connectivity index (χ0v) is 21.7. The number of aromatic nitrogens is 4. The summed E-state index contributed by atoms with van der Waals surface area (Å²) in [5.74, 6) is 1.20. The Bertz CT molecular complexity index is 1690. The fraction of sp³-hybridized carbons (Fsp3) is 0.207. The number of pyridine rings is 2. The molecule has 3 aromatic heterocycles. The van der Waals surface area contributed by atoms with Crippen molar-refractivity contribution in [1.82, 2.24) is 19.1 Å². The number of nitrogens with two attached hydrogens (primary N) is 1. The van der Waals surface area contributed by atoms with Gasteiger partial charge in [-0.3, -0.25) is 4.79 Å². The number of hydrogen-bond acceptors (Lipinski definition) is 4. The lowest BCUT2D eigenvalue weighted by atomic mass is 9.82. The second kappa shape index (κ2) is 9.14. The van der Waals surface area contributed by atoms with Gasteiger partial charge >= 0.3 is 0 Å². The van der Waals surface area contributed by atoms with Crippen LogP contribution in [0.15, 0.2) is 84.0 Å². The molecule has 186 valence electrons. The van der Waals surface area contributed by atoms with Gasteiger partial charge in [0.15, 0.2) is 0 Å². The van der Waals surface area contributed by atoms with Crippen LogP contribution in [0.1, 0.15) is 29.8 Å². The molecule has 1 aliphatic carbocycles. The molecule has 0 aliphatic heterocycles. The van der Waals surface area contributed by atoms with Gasteiger partial charge in [-0.2, -0.15) is 0 Å². The van der Waals surface area contributed by atoms with Crippen LogP contribution in [0.2, 0.25) is 10.2 Å². The highest BCUT2D eigenvalue weighted by Gasteiger charge is 2.37. The predicted octanol–water partition coefficient (Wildman–Crippen LogP) is 5.76. The molecule has 0 bridgehead atoms. The molecular weight excluding hydrogens is 505 g/mol. The van der Waals surface area contributed by atoms with Gasteiger partial charge < -0.3 is 14.9 Å². The second-order valence-electron chi connectivity index (χ2n) is 9.73. The summed E-state index contributed by atoms with van der Waals surface area (Å²) in [7, 11) is 1.92. The summed E-state index contributed by atoms with van der Waals surface area (Å²) in [6.45, 7) is 0.707. The van der Waals surface area contributed by atoms with Crippen LogP contribution in [0.3, 0.4) is 0 Å². The first-order valence-corrected chi connectivity index (χ1v) is 12.9. The van der Waals surface area contributed by atoms with Crippen molar-refractivity contribution in [1.29, 1.82) is 0 Å². The van der Waals surface area contributed by atoms with Crippen molar-refractivity contribution in [3.63, 3.8) is 0 Å². The maximum atomic E-state index is 13.3. The molecule has 1 atom stereocenters. The molecule has 0 saturated heterocycles. The van der Waals surface area contributed by atoms with Crippen LogP contribution in [0.5, 0.6) is 0 Å². The average Bonchev–Trinajstić information content (AvgIpc) is 3.62. The predicted molar refractivity (Wildman–Crippen MR) is 148 cm³/mol. The number of hydrogen-bond donors (Lipinski definition) is 1. The molecule has 1 fully saturated rings. The van der Waals surface area contributed by atoms with Crippen molar-refractivity contribution in [3.05, 3.63) is 117 Å². The number of fused-ring (bicyclic) bond motifs is 1. The molecule has 1 aliphatic rings. The quantitative estimate of drug-likeness (QED) is 0.283. The Morgan fingerprint density at radius 1 is 1.03 bits per heavy atom. The third kappa shape index (κ3) is 4.25. The topological polar surface area (TPSA) is 78.7 Å². The van der Waals surface area contributed by atoms with Crippen LogP contribution in [-0.2, 0) is 19.1 Å². The minimum Gasteiger partial charge on any atom is -0.336 e. The van der Waals surface area contributed by atoms with Crippen molar-refractivity contribution in [3.8, 4) is 11.1 Å². The second-order valence-corrected chi connectivity index (χ2v) is 10.6. The first-order chi connectivity index (χ1) is 17.8. The van der Waals surface area contributed by atoms with Gasteiger partial charge in [0.05, 0.1) is 5.52 Å². The minimum absolute atomic E-state index is 0.0212. The lowest BCUT2D eigenvalue weighted by Crippen LogP contribution is -2.41. The largest absolute Gasteiger partial charge is 0.336 e. The van der Waals surface area contributed by atoms with E-state index in [0.29, 0.717) is 28.5 Å². The van der Waals surface area contributed by atoms with Crippen molar-refractivity contribution in [2.45, 2.75) is 24.9 Å². The summed E-state index contributed by atoms with van der Waals surface area (Å²) in [6.07, 6.45) is 7.58. The Kier molecular flexibility index (Phi) is 5.91. The molecule has 1 saturated carbocycles. The van der Waals surface area contributed by atoms with Gasteiger partial charge in [-0.15, -0.1) is 0 Å². The Labute approximate surface area is 224 Å². The lowest BCUT2D eigenvalue weighted by Gasteiger charge is -2.30. The fourth-order valence-electron chi connectivity index (χ4n) is 5.05. The summed E-state index contributed by atoms with van der Waals surface area (Å²) in [6, 6.07) is 18.9. The molecule has 2 aromatic carbocycles. The van der Waals surface area contributed by atoms with E-state index in [4.69, 9.17) is 28.9 Å². The van der Waals surface area contributed by atoms with Gasteiger partial charge in [0.25, 0.3) is 5.56 Å². The van der Waals surface area contributed by atoms with E-state index >= 15 is 0 Å². The maximum Gasteiger partial charge on any atom is 0.251 e. The van der Waals surface area contributed by atoms with E-state index in [1.165, 1.54) is 0 Å². The van der Waals surface area contributed by atoms with Crippen LogP contribution in [0.4, 0.5) is 0 Å². The van der Waals surface area contributed by atoms with Crippen LogP contribution in [-0.4, -0.2) is 19.1 Å². The van der Waals surface area contributed by atoms with Gasteiger partial charge in [-0.25, -0.2) is 9.97 Å². The van der Waals surface area contributed by atoms with E-state index < -0.39 is 5.54 Å². The number of aryl methyl sites for hydroxylation is 1. The van der Waals surface area contributed by atoms with Gasteiger partial charge in [-0.05, 0) is 65.8 Å². The maximum absolute atomic E-state index is 13.3. The van der Waals surface area contributed by atoms with E-state index in [-0.39, 0.29) is 5.56 Å². The van der Waals surface area contributed by atoms with Crippen molar-refractivity contribution in [2.24, 2.45) is 18.7 Å². The van der Waals surface area contributed by atoms with Crippen LogP contribution in [0.25, 0.3) is 22.0 Å². The molecule has 1 unspecified atom stereocenters. The molecule has 3 heterocycles. The monoisotopic (exact) mass is 529 g/mol. The number of rotatable bonds is 6. The first kappa shape index (κ1) is 23.9. The zero-order chi connectivity index (χ0) is 25.7. The van der Waals surface area contributed by atoms with E-state index in [0.717, 1.165) is 46.0 Å². The number of halogens is 2. The number of imidazole rings is 1. The molecule has 2 N–H and O–H groups in total.